The lowest BCUT2D eigenvalue weighted by Crippen LogP contribution is -2.33. The Labute approximate surface area is 95.2 Å². The van der Waals surface area contributed by atoms with Gasteiger partial charge in [-0.15, -0.1) is 0 Å². The molecule has 0 N–H and O–H groups in total. The molecule has 1 aliphatic heterocycles. The van der Waals surface area contributed by atoms with Gasteiger partial charge < -0.3 is 9.31 Å². The van der Waals surface area contributed by atoms with E-state index in [2.05, 4.69) is 0 Å². The minimum absolute atomic E-state index is 0.0306. The summed E-state index contributed by atoms with van der Waals surface area (Å²) in [6, 6.07) is 7.76. The molecule has 0 aliphatic carbocycles. The van der Waals surface area contributed by atoms with Crippen LogP contribution in [0.25, 0.3) is 6.08 Å². The van der Waals surface area contributed by atoms with Crippen molar-refractivity contribution in [1.82, 2.24) is 0 Å². The Morgan fingerprint density at radius 3 is 2.69 bits per heavy atom. The van der Waals surface area contributed by atoms with Gasteiger partial charge in [0.05, 0.1) is 13.2 Å². The molecule has 1 saturated heterocycles. The van der Waals surface area contributed by atoms with Crippen molar-refractivity contribution in [2.75, 3.05) is 13.2 Å². The fourth-order valence-electron chi connectivity index (χ4n) is 1.62. The van der Waals surface area contributed by atoms with Gasteiger partial charge in [-0.3, -0.25) is 4.79 Å². The zero-order valence-corrected chi connectivity index (χ0v) is 9.18. The zero-order valence-electron chi connectivity index (χ0n) is 9.18. The summed E-state index contributed by atoms with van der Waals surface area (Å²) in [4.78, 5) is 10.9. The summed E-state index contributed by atoms with van der Waals surface area (Å²) in [5, 5.41) is 0. The minimum Gasteiger partial charge on any atom is -0.405 e. The van der Waals surface area contributed by atoms with Crippen LogP contribution in [0.4, 0.5) is 0 Å². The first-order chi connectivity index (χ1) is 7.77. The molecule has 0 saturated carbocycles. The maximum atomic E-state index is 10.9. The average molecular weight is 216 g/mol. The molecule has 0 radical (unpaired) electrons. The average Bonchev–Trinajstić information content (AvgIpc) is 2.80. The molecule has 1 aromatic carbocycles. The molecular weight excluding hydrogens is 203 g/mol. The van der Waals surface area contributed by atoms with Crippen molar-refractivity contribution in [3.8, 4) is 0 Å². The van der Waals surface area contributed by atoms with Gasteiger partial charge in [-0.2, -0.15) is 0 Å². The van der Waals surface area contributed by atoms with Gasteiger partial charge in [0.1, 0.15) is 0 Å². The topological polar surface area (TPSA) is 35.5 Å². The summed E-state index contributed by atoms with van der Waals surface area (Å²) in [5.74, 6) is 0.0306. The molecule has 1 fully saturated rings. The molecule has 0 aromatic heterocycles. The monoisotopic (exact) mass is 216 g/mol. The van der Waals surface area contributed by atoms with Crippen molar-refractivity contribution in [2.24, 2.45) is 0 Å². The van der Waals surface area contributed by atoms with Gasteiger partial charge in [-0.05, 0) is 24.0 Å². The second-order valence-corrected chi connectivity index (χ2v) is 3.65. The largest absolute Gasteiger partial charge is 0.494 e. The van der Waals surface area contributed by atoms with Crippen LogP contribution in [0.3, 0.4) is 0 Å². The predicted molar refractivity (Wildman–Crippen MR) is 63.4 cm³/mol. The molecule has 0 atom stereocenters. The van der Waals surface area contributed by atoms with E-state index in [-0.39, 0.29) is 12.9 Å². The molecule has 4 heteroatoms. The summed E-state index contributed by atoms with van der Waals surface area (Å²) < 4.78 is 10.9. The lowest BCUT2D eigenvalue weighted by molar-refractivity contribution is -0.112. The summed E-state index contributed by atoms with van der Waals surface area (Å²) >= 11 is 0. The standard InChI is InChI=1S/C12H13BO3/c1-10(14)6-7-11-4-2-3-5-12(11)13-15-8-9-16-13/h2-7H,8-9H2,1H3/b7-6+. The van der Waals surface area contributed by atoms with Gasteiger partial charge in [-0.25, -0.2) is 0 Å². The van der Waals surface area contributed by atoms with Gasteiger partial charge in [0, 0.05) is 0 Å². The Morgan fingerprint density at radius 2 is 2.00 bits per heavy atom. The maximum absolute atomic E-state index is 10.9. The number of carbonyl (C=O) groups is 1. The molecule has 0 unspecified atom stereocenters. The Hall–Kier alpha value is -1.39. The molecule has 0 bridgehead atoms. The maximum Gasteiger partial charge on any atom is 0.494 e. The van der Waals surface area contributed by atoms with Crippen LogP contribution in [0.2, 0.25) is 0 Å². The van der Waals surface area contributed by atoms with E-state index >= 15 is 0 Å². The third-order valence-corrected chi connectivity index (χ3v) is 2.37. The Morgan fingerprint density at radius 1 is 1.31 bits per heavy atom. The van der Waals surface area contributed by atoms with E-state index in [9.17, 15) is 4.79 Å². The molecule has 3 nitrogen and oxygen atoms in total. The van der Waals surface area contributed by atoms with E-state index in [0.717, 1.165) is 11.0 Å². The molecule has 82 valence electrons. The van der Waals surface area contributed by atoms with Crippen LogP contribution in [-0.4, -0.2) is 26.1 Å². The lowest BCUT2D eigenvalue weighted by atomic mass is 9.76. The van der Waals surface area contributed by atoms with Crippen LogP contribution in [0.5, 0.6) is 0 Å². The second-order valence-electron chi connectivity index (χ2n) is 3.65. The van der Waals surface area contributed by atoms with Crippen molar-refractivity contribution in [3.63, 3.8) is 0 Å². The van der Waals surface area contributed by atoms with Gasteiger partial charge in [0.2, 0.25) is 0 Å². The number of hydrogen-bond donors (Lipinski definition) is 0. The molecule has 0 amide bonds. The number of hydrogen-bond acceptors (Lipinski definition) is 3. The highest BCUT2D eigenvalue weighted by Crippen LogP contribution is 2.06. The Balaban J connectivity index is 2.26. The van der Waals surface area contributed by atoms with Crippen LogP contribution in [0.15, 0.2) is 30.3 Å². The summed E-state index contributed by atoms with van der Waals surface area (Å²) in [5.41, 5.74) is 1.93. The van der Waals surface area contributed by atoms with Crippen molar-refractivity contribution in [1.29, 1.82) is 0 Å². The first-order valence-corrected chi connectivity index (χ1v) is 5.28. The lowest BCUT2D eigenvalue weighted by Gasteiger charge is -2.07. The van der Waals surface area contributed by atoms with Crippen LogP contribution < -0.4 is 5.46 Å². The van der Waals surface area contributed by atoms with Gasteiger partial charge in [0.15, 0.2) is 5.78 Å². The third kappa shape index (κ3) is 2.59. The SMILES string of the molecule is CC(=O)/C=C/c1ccccc1B1OCCO1. The number of allylic oxidation sites excluding steroid dienone is 1. The molecular formula is C12H13BO3. The van der Waals surface area contributed by atoms with E-state index in [0.29, 0.717) is 13.2 Å². The first kappa shape index (κ1) is 11.1. The summed E-state index contributed by atoms with van der Waals surface area (Å²) in [6.45, 7) is 2.77. The van der Waals surface area contributed by atoms with E-state index in [1.54, 1.807) is 12.2 Å². The number of benzene rings is 1. The van der Waals surface area contributed by atoms with Crippen LogP contribution >= 0.6 is 0 Å². The van der Waals surface area contributed by atoms with Gasteiger partial charge in [0.25, 0.3) is 0 Å². The molecule has 1 heterocycles. The Kier molecular flexibility index (Phi) is 3.54. The molecule has 1 aromatic rings. The van der Waals surface area contributed by atoms with E-state index < -0.39 is 0 Å². The highest BCUT2D eigenvalue weighted by atomic mass is 16.6. The quantitative estimate of drug-likeness (QED) is 0.559. The fourth-order valence-corrected chi connectivity index (χ4v) is 1.62. The van der Waals surface area contributed by atoms with Crippen molar-refractivity contribution >= 4 is 24.4 Å². The molecule has 0 spiro atoms. The van der Waals surface area contributed by atoms with Gasteiger partial charge >= 0.3 is 7.12 Å². The molecule has 1 aliphatic rings. The normalized spacial score (nSPS) is 15.9. The second kappa shape index (κ2) is 5.10. The smallest absolute Gasteiger partial charge is 0.405 e. The summed E-state index contributed by atoms with van der Waals surface area (Å²) in [7, 11) is -0.298. The molecule has 16 heavy (non-hydrogen) atoms. The van der Waals surface area contributed by atoms with Crippen LogP contribution in [0.1, 0.15) is 12.5 Å². The first-order valence-electron chi connectivity index (χ1n) is 5.28. The van der Waals surface area contributed by atoms with Crippen LogP contribution in [-0.2, 0) is 14.1 Å². The molecule has 2 rings (SSSR count). The van der Waals surface area contributed by atoms with E-state index in [1.807, 2.05) is 24.3 Å². The fraction of sp³-hybridized carbons (Fsp3) is 0.250. The minimum atomic E-state index is -0.298. The summed E-state index contributed by atoms with van der Waals surface area (Å²) in [6.07, 6.45) is 3.34. The Bertz CT molecular complexity index is 408. The van der Waals surface area contributed by atoms with E-state index in [4.69, 9.17) is 9.31 Å². The van der Waals surface area contributed by atoms with Crippen molar-refractivity contribution in [3.05, 3.63) is 35.9 Å². The number of rotatable bonds is 3. The zero-order chi connectivity index (χ0) is 11.4. The van der Waals surface area contributed by atoms with Crippen LogP contribution in [0, 0.1) is 0 Å². The number of ketones is 1. The van der Waals surface area contributed by atoms with Crippen molar-refractivity contribution < 1.29 is 14.1 Å². The van der Waals surface area contributed by atoms with Crippen molar-refractivity contribution in [2.45, 2.75) is 6.92 Å². The number of carbonyl (C=O) groups excluding carboxylic acids is 1. The predicted octanol–water partition coefficient (Wildman–Crippen LogP) is 1.03. The van der Waals surface area contributed by atoms with E-state index in [1.165, 1.54) is 6.92 Å². The highest BCUT2D eigenvalue weighted by molar-refractivity contribution is 6.62. The highest BCUT2D eigenvalue weighted by Gasteiger charge is 2.27. The van der Waals surface area contributed by atoms with Gasteiger partial charge in [-0.1, -0.05) is 30.3 Å². The third-order valence-electron chi connectivity index (χ3n) is 2.37.